The highest BCUT2D eigenvalue weighted by molar-refractivity contribution is 9.10. The van der Waals surface area contributed by atoms with Gasteiger partial charge in [0.1, 0.15) is 16.8 Å². The Morgan fingerprint density at radius 3 is 2.59 bits per heavy atom. The highest BCUT2D eigenvalue weighted by Crippen LogP contribution is 2.35. The Kier molecular flexibility index (Phi) is 8.98. The van der Waals surface area contributed by atoms with E-state index in [2.05, 4.69) is 31.5 Å². The predicted molar refractivity (Wildman–Crippen MR) is 139 cm³/mol. The normalized spacial score (nSPS) is 10.9. The summed E-state index contributed by atoms with van der Waals surface area (Å²) in [5.41, 5.74) is 3.32. The molecule has 0 aliphatic carbocycles. The molecule has 4 aromatic rings. The van der Waals surface area contributed by atoms with Gasteiger partial charge >= 0.3 is 5.69 Å². The van der Waals surface area contributed by atoms with E-state index in [1.807, 2.05) is 51.1 Å². The first-order valence-corrected chi connectivity index (χ1v) is 12.0. The number of halogens is 1. The third-order valence-electron chi connectivity index (χ3n) is 5.04. The smallest absolute Gasteiger partial charge is 0.348 e. The number of amides is 1. The van der Waals surface area contributed by atoms with Crippen LogP contribution >= 0.6 is 15.9 Å². The minimum atomic E-state index is -0.379. The highest BCUT2D eigenvalue weighted by atomic mass is 79.9. The van der Waals surface area contributed by atoms with Gasteiger partial charge in [0.2, 0.25) is 5.91 Å². The number of nitrogens with one attached hydrogen (secondary N) is 2. The van der Waals surface area contributed by atoms with Crippen molar-refractivity contribution in [1.29, 1.82) is 0 Å². The number of benzene rings is 2. The lowest BCUT2D eigenvalue weighted by Gasteiger charge is -2.10. The molecule has 8 nitrogen and oxygen atoms in total. The molecule has 0 saturated carbocycles. The van der Waals surface area contributed by atoms with Crippen LogP contribution in [0.15, 0.2) is 56.1 Å². The van der Waals surface area contributed by atoms with Gasteiger partial charge < -0.3 is 19.8 Å². The van der Waals surface area contributed by atoms with Gasteiger partial charge in [0.15, 0.2) is 5.58 Å². The van der Waals surface area contributed by atoms with Gasteiger partial charge in [-0.25, -0.2) is 4.79 Å². The number of furan rings is 1. The fraction of sp³-hybridized carbons (Fsp3) is 0.320. The van der Waals surface area contributed by atoms with Gasteiger partial charge in [0, 0.05) is 28.2 Å². The van der Waals surface area contributed by atoms with Crippen LogP contribution in [-0.4, -0.2) is 42.3 Å². The van der Waals surface area contributed by atoms with Crippen molar-refractivity contribution >= 4 is 49.6 Å². The van der Waals surface area contributed by atoms with Crippen molar-refractivity contribution in [3.05, 3.63) is 57.4 Å². The lowest BCUT2D eigenvalue weighted by molar-refractivity contribution is -0.115. The first-order valence-electron chi connectivity index (χ1n) is 11.2. The average molecular weight is 529 g/mol. The molecule has 9 heteroatoms. The first kappa shape index (κ1) is 25.6. The molecule has 2 heterocycles. The summed E-state index contributed by atoms with van der Waals surface area (Å²) in [6.45, 7) is 7.64. The van der Waals surface area contributed by atoms with Crippen molar-refractivity contribution in [1.82, 2.24) is 14.9 Å². The van der Waals surface area contributed by atoms with Gasteiger partial charge in [-0.15, -0.1) is 0 Å². The topological polar surface area (TPSA) is 98.4 Å². The van der Waals surface area contributed by atoms with Crippen molar-refractivity contribution in [2.45, 2.75) is 27.3 Å². The van der Waals surface area contributed by atoms with Crippen LogP contribution in [0.2, 0.25) is 0 Å². The molecule has 180 valence electrons. The molecule has 2 N–H and O–H groups in total. The number of nitrogens with zero attached hydrogens (tertiary/aromatic N) is 2. The molecule has 0 saturated heterocycles. The van der Waals surface area contributed by atoms with E-state index in [0.29, 0.717) is 46.8 Å². The van der Waals surface area contributed by atoms with Crippen LogP contribution in [0.1, 0.15) is 20.8 Å². The fourth-order valence-corrected chi connectivity index (χ4v) is 3.89. The summed E-state index contributed by atoms with van der Waals surface area (Å²) in [6.07, 6.45) is 0. The van der Waals surface area contributed by atoms with Crippen molar-refractivity contribution in [3.8, 4) is 11.3 Å². The van der Waals surface area contributed by atoms with Crippen molar-refractivity contribution in [2.24, 2.45) is 0 Å². The Morgan fingerprint density at radius 1 is 1.18 bits per heavy atom. The lowest BCUT2D eigenvalue weighted by Crippen LogP contribution is -2.27. The third-order valence-corrected chi connectivity index (χ3v) is 5.54. The summed E-state index contributed by atoms with van der Waals surface area (Å²) >= 11 is 3.50. The highest BCUT2D eigenvalue weighted by Gasteiger charge is 2.19. The van der Waals surface area contributed by atoms with E-state index in [1.54, 1.807) is 23.8 Å². The van der Waals surface area contributed by atoms with Crippen LogP contribution in [0.25, 0.3) is 33.3 Å². The minimum Gasteiger partial charge on any atom is -0.452 e. The van der Waals surface area contributed by atoms with Gasteiger partial charge in [0.25, 0.3) is 0 Å². The van der Waals surface area contributed by atoms with Crippen molar-refractivity contribution in [3.63, 3.8) is 0 Å². The molecule has 4 rings (SSSR count). The lowest BCUT2D eigenvalue weighted by atomic mass is 10.1. The molecular weight excluding hydrogens is 500 g/mol. The van der Waals surface area contributed by atoms with Gasteiger partial charge in [-0.2, -0.15) is 4.98 Å². The second-order valence-electron chi connectivity index (χ2n) is 7.21. The van der Waals surface area contributed by atoms with Gasteiger partial charge in [-0.1, -0.05) is 48.8 Å². The van der Waals surface area contributed by atoms with E-state index >= 15 is 0 Å². The van der Waals surface area contributed by atoms with Crippen LogP contribution < -0.4 is 16.3 Å². The van der Waals surface area contributed by atoms with Crippen LogP contribution in [-0.2, 0) is 16.1 Å². The number of methoxy groups -OCH3 is 1. The fourth-order valence-electron chi connectivity index (χ4n) is 3.53. The first-order chi connectivity index (χ1) is 16.5. The van der Waals surface area contributed by atoms with Gasteiger partial charge in [0.05, 0.1) is 19.7 Å². The third kappa shape index (κ3) is 5.55. The summed E-state index contributed by atoms with van der Waals surface area (Å²) in [5, 5.41) is 6.64. The monoisotopic (exact) mass is 528 g/mol. The Labute approximate surface area is 206 Å². The number of ether oxygens (including phenoxy) is 1. The second kappa shape index (κ2) is 11.9. The number of likely N-dealkylation sites (N-methyl/N-ethyl adjacent to an activating group) is 1. The molecule has 2 aromatic carbocycles. The molecule has 0 bridgehead atoms. The zero-order valence-electron chi connectivity index (χ0n) is 19.8. The summed E-state index contributed by atoms with van der Waals surface area (Å²) < 4.78 is 13.8. The minimum absolute atomic E-state index is 0.122. The van der Waals surface area contributed by atoms with Gasteiger partial charge in [-0.3, -0.25) is 9.36 Å². The maximum atomic E-state index is 13.0. The molecule has 1 amide bonds. The van der Waals surface area contributed by atoms with Crippen LogP contribution in [0.4, 0.5) is 5.69 Å². The van der Waals surface area contributed by atoms with E-state index < -0.39 is 0 Å². The summed E-state index contributed by atoms with van der Waals surface area (Å²) in [4.78, 5) is 29.2. The van der Waals surface area contributed by atoms with Crippen molar-refractivity contribution < 1.29 is 13.9 Å². The molecule has 0 fully saturated rings. The molecular formula is C25H29BrN4O4. The second-order valence-corrected chi connectivity index (χ2v) is 8.13. The summed E-state index contributed by atoms with van der Waals surface area (Å²) in [6, 6.07) is 12.9. The van der Waals surface area contributed by atoms with Gasteiger partial charge in [-0.05, 0) is 36.9 Å². The Bertz CT molecular complexity index is 1330. The maximum absolute atomic E-state index is 13.0. The molecule has 0 radical (unpaired) electrons. The number of hydrogen-bond acceptors (Lipinski definition) is 6. The van der Waals surface area contributed by atoms with Crippen LogP contribution in [0.5, 0.6) is 0 Å². The zero-order valence-corrected chi connectivity index (χ0v) is 21.4. The number of aromatic nitrogens is 2. The van der Waals surface area contributed by atoms with E-state index in [4.69, 9.17) is 9.15 Å². The largest absolute Gasteiger partial charge is 0.452 e. The molecule has 0 spiro atoms. The zero-order chi connectivity index (χ0) is 24.7. The van der Waals surface area contributed by atoms with E-state index in [-0.39, 0.29) is 18.1 Å². The van der Waals surface area contributed by atoms with E-state index in [9.17, 15) is 9.59 Å². The SMILES string of the molecule is CC.CCNCC(=O)Nc1ccc(-c2nc(=O)n(CCOC)c3c2oc2ccc(Br)cc23)cc1. The average Bonchev–Trinajstić information content (AvgIpc) is 3.22. The number of fused-ring (bicyclic) bond motifs is 3. The molecule has 0 unspecified atom stereocenters. The standard InChI is InChI=1S/C23H23BrN4O4.C2H6/c1-3-25-13-19(29)26-16-7-4-14(5-8-16)20-22-21(28(10-11-31-2)23(30)27-20)17-12-15(24)6-9-18(17)32-22;1-2/h4-9,12,25H,3,10-11,13H2,1-2H3,(H,26,29);1-2H3. The van der Waals surface area contributed by atoms with E-state index in [0.717, 1.165) is 16.4 Å². The van der Waals surface area contributed by atoms with E-state index in [1.165, 1.54) is 0 Å². The maximum Gasteiger partial charge on any atom is 0.348 e. The van der Waals surface area contributed by atoms with Crippen LogP contribution in [0, 0.1) is 0 Å². The Balaban J connectivity index is 0.00000158. The quantitative estimate of drug-likeness (QED) is 0.341. The Hall–Kier alpha value is -3.01. The molecule has 34 heavy (non-hydrogen) atoms. The molecule has 0 atom stereocenters. The summed E-state index contributed by atoms with van der Waals surface area (Å²) in [7, 11) is 1.59. The molecule has 2 aromatic heterocycles. The molecule has 0 aliphatic rings. The number of carbonyl (C=O) groups is 1. The number of carbonyl (C=O) groups excluding carboxylic acids is 1. The number of rotatable bonds is 8. The van der Waals surface area contributed by atoms with Crippen molar-refractivity contribution in [2.75, 3.05) is 32.1 Å². The molecule has 0 aliphatic heterocycles. The summed E-state index contributed by atoms with van der Waals surface area (Å²) in [5.74, 6) is -0.122. The number of anilines is 1. The van der Waals surface area contributed by atoms with Crippen LogP contribution in [0.3, 0.4) is 0 Å². The Morgan fingerprint density at radius 2 is 1.91 bits per heavy atom. The number of hydrogen-bond donors (Lipinski definition) is 2. The predicted octanol–water partition coefficient (Wildman–Crippen LogP) is 4.79.